The lowest BCUT2D eigenvalue weighted by atomic mass is 9.95. The normalized spacial score (nSPS) is 22.7. The van der Waals surface area contributed by atoms with Crippen LogP contribution in [0.4, 0.5) is 5.69 Å². The zero-order valence-corrected chi connectivity index (χ0v) is 14.6. The van der Waals surface area contributed by atoms with Crippen LogP contribution in [-0.2, 0) is 16.6 Å². The number of fused-ring (bicyclic) bond motifs is 2. The van der Waals surface area contributed by atoms with Crippen molar-refractivity contribution in [3.05, 3.63) is 65.2 Å². The summed E-state index contributed by atoms with van der Waals surface area (Å²) in [5.74, 6) is -0.241. The number of hydrogen-bond acceptors (Lipinski definition) is 3. The molecule has 2 aliphatic carbocycles. The Morgan fingerprint density at radius 3 is 2.73 bits per heavy atom. The number of nitrogens with one attached hydrogen (secondary N) is 2. The molecule has 5 heteroatoms. The quantitative estimate of drug-likeness (QED) is 0.774. The number of hydrogen-bond donors (Lipinski definition) is 3. The molecule has 1 spiro atoms. The van der Waals surface area contributed by atoms with Gasteiger partial charge in [-0.3, -0.25) is 9.59 Å². The van der Waals surface area contributed by atoms with Crippen molar-refractivity contribution in [1.82, 2.24) is 5.32 Å². The number of carbonyl (C=O) groups is 2. The average Bonchev–Trinajstić information content (AvgIpc) is 3.29. The van der Waals surface area contributed by atoms with Gasteiger partial charge < -0.3 is 16.4 Å². The maximum absolute atomic E-state index is 12.9. The van der Waals surface area contributed by atoms with Gasteiger partial charge in [-0.1, -0.05) is 36.4 Å². The molecule has 2 aromatic carbocycles. The first-order chi connectivity index (χ1) is 12.7. The summed E-state index contributed by atoms with van der Waals surface area (Å²) in [5.41, 5.74) is 9.16. The van der Waals surface area contributed by atoms with E-state index in [9.17, 15) is 9.59 Å². The fourth-order valence-electron chi connectivity index (χ4n) is 4.23. The highest BCUT2D eigenvalue weighted by atomic mass is 16.2. The van der Waals surface area contributed by atoms with E-state index >= 15 is 0 Å². The summed E-state index contributed by atoms with van der Waals surface area (Å²) in [6, 6.07) is 15.5. The topological polar surface area (TPSA) is 84.2 Å². The number of rotatable bonds is 5. The SMILES string of the molecule is NCCNC(=O)c1ccccc1NC(=O)[C@@H]1C[C@]12CCc1ccccc12. The van der Waals surface area contributed by atoms with Crippen LogP contribution in [0.5, 0.6) is 0 Å². The molecule has 5 nitrogen and oxygen atoms in total. The first-order valence-electron chi connectivity index (χ1n) is 9.12. The van der Waals surface area contributed by atoms with Gasteiger partial charge in [0.05, 0.1) is 11.3 Å². The van der Waals surface area contributed by atoms with Crippen molar-refractivity contribution in [3.63, 3.8) is 0 Å². The van der Waals surface area contributed by atoms with Gasteiger partial charge in [0.1, 0.15) is 0 Å². The molecule has 4 rings (SSSR count). The maximum Gasteiger partial charge on any atom is 0.253 e. The number of carbonyl (C=O) groups excluding carboxylic acids is 2. The molecule has 0 saturated heterocycles. The lowest BCUT2D eigenvalue weighted by molar-refractivity contribution is -0.117. The molecule has 0 bridgehead atoms. The van der Waals surface area contributed by atoms with Crippen LogP contribution in [0.15, 0.2) is 48.5 Å². The van der Waals surface area contributed by atoms with Gasteiger partial charge in [-0.25, -0.2) is 0 Å². The van der Waals surface area contributed by atoms with E-state index in [4.69, 9.17) is 5.73 Å². The molecular formula is C21H23N3O2. The van der Waals surface area contributed by atoms with Crippen molar-refractivity contribution >= 4 is 17.5 Å². The fourth-order valence-corrected chi connectivity index (χ4v) is 4.23. The third-order valence-electron chi connectivity index (χ3n) is 5.65. The second kappa shape index (κ2) is 6.57. The maximum atomic E-state index is 12.9. The molecule has 4 N–H and O–H groups in total. The minimum Gasteiger partial charge on any atom is -0.351 e. The summed E-state index contributed by atoms with van der Waals surface area (Å²) < 4.78 is 0. The Morgan fingerprint density at radius 2 is 1.88 bits per heavy atom. The minimum atomic E-state index is -0.219. The highest BCUT2D eigenvalue weighted by molar-refractivity contribution is 6.05. The number of para-hydroxylation sites is 1. The summed E-state index contributed by atoms with van der Waals surface area (Å²) in [6.07, 6.45) is 2.96. The Kier molecular flexibility index (Phi) is 4.24. The van der Waals surface area contributed by atoms with Crippen LogP contribution in [0.25, 0.3) is 0 Å². The zero-order chi connectivity index (χ0) is 18.1. The Labute approximate surface area is 153 Å². The van der Waals surface area contributed by atoms with Crippen molar-refractivity contribution in [3.8, 4) is 0 Å². The molecule has 2 atom stereocenters. The summed E-state index contributed by atoms with van der Waals surface area (Å²) in [5, 5.41) is 5.73. The fraction of sp³-hybridized carbons (Fsp3) is 0.333. The van der Waals surface area contributed by atoms with Crippen LogP contribution in [0.3, 0.4) is 0 Å². The molecular weight excluding hydrogens is 326 g/mol. The van der Waals surface area contributed by atoms with E-state index in [1.54, 1.807) is 18.2 Å². The summed E-state index contributed by atoms with van der Waals surface area (Å²) >= 11 is 0. The Morgan fingerprint density at radius 1 is 1.12 bits per heavy atom. The molecule has 1 fully saturated rings. The highest BCUT2D eigenvalue weighted by Gasteiger charge is 2.61. The lowest BCUT2D eigenvalue weighted by Gasteiger charge is -2.14. The molecule has 0 aliphatic heterocycles. The van der Waals surface area contributed by atoms with Crippen LogP contribution in [0, 0.1) is 5.92 Å². The Hall–Kier alpha value is -2.66. The molecule has 134 valence electrons. The van der Waals surface area contributed by atoms with Gasteiger partial charge in [-0.2, -0.15) is 0 Å². The number of nitrogens with two attached hydrogens (primary N) is 1. The third-order valence-corrected chi connectivity index (χ3v) is 5.65. The third kappa shape index (κ3) is 2.78. The lowest BCUT2D eigenvalue weighted by Crippen LogP contribution is -2.30. The molecule has 2 aliphatic rings. The van der Waals surface area contributed by atoms with Crippen LogP contribution >= 0.6 is 0 Å². The van der Waals surface area contributed by atoms with E-state index in [1.807, 2.05) is 6.07 Å². The summed E-state index contributed by atoms with van der Waals surface area (Å²) in [7, 11) is 0. The van der Waals surface area contributed by atoms with Crippen LogP contribution in [0.1, 0.15) is 34.3 Å². The monoisotopic (exact) mass is 349 g/mol. The Balaban J connectivity index is 1.50. The largest absolute Gasteiger partial charge is 0.351 e. The second-order valence-electron chi connectivity index (χ2n) is 7.15. The summed E-state index contributed by atoms with van der Waals surface area (Å²) in [4.78, 5) is 25.2. The van der Waals surface area contributed by atoms with Crippen molar-refractivity contribution in [2.45, 2.75) is 24.7 Å². The van der Waals surface area contributed by atoms with Gasteiger partial charge in [-0.05, 0) is 42.5 Å². The van der Waals surface area contributed by atoms with E-state index < -0.39 is 0 Å². The number of benzene rings is 2. The molecule has 2 amide bonds. The van der Waals surface area contributed by atoms with E-state index in [1.165, 1.54) is 11.1 Å². The van der Waals surface area contributed by atoms with Gasteiger partial charge in [0.15, 0.2) is 0 Å². The second-order valence-corrected chi connectivity index (χ2v) is 7.15. The first-order valence-corrected chi connectivity index (χ1v) is 9.12. The smallest absolute Gasteiger partial charge is 0.253 e. The average molecular weight is 349 g/mol. The van der Waals surface area contributed by atoms with Gasteiger partial charge in [-0.15, -0.1) is 0 Å². The first kappa shape index (κ1) is 16.8. The Bertz CT molecular complexity index is 864. The molecule has 1 saturated carbocycles. The molecule has 2 aromatic rings. The molecule has 0 radical (unpaired) electrons. The molecule has 0 unspecified atom stereocenters. The van der Waals surface area contributed by atoms with E-state index in [0.29, 0.717) is 24.3 Å². The number of aryl methyl sites for hydroxylation is 1. The zero-order valence-electron chi connectivity index (χ0n) is 14.6. The number of amides is 2. The van der Waals surface area contributed by atoms with Crippen molar-refractivity contribution in [1.29, 1.82) is 0 Å². The standard InChI is InChI=1S/C21H23N3O2/c22-11-12-23-19(25)15-6-2-4-8-18(15)24-20(26)17-13-21(17)10-9-14-5-1-3-7-16(14)21/h1-8,17H,9-13,22H2,(H,23,25)(H,24,26)/t17-,21-/m0/s1. The van der Waals surface area contributed by atoms with Crippen LogP contribution in [0.2, 0.25) is 0 Å². The van der Waals surface area contributed by atoms with E-state index in [-0.39, 0.29) is 23.1 Å². The van der Waals surface area contributed by atoms with Gasteiger partial charge in [0, 0.05) is 24.4 Å². The minimum absolute atomic E-state index is 0.000720. The van der Waals surface area contributed by atoms with Crippen LogP contribution in [-0.4, -0.2) is 24.9 Å². The van der Waals surface area contributed by atoms with Crippen molar-refractivity contribution in [2.75, 3.05) is 18.4 Å². The number of anilines is 1. The van der Waals surface area contributed by atoms with E-state index in [2.05, 4.69) is 34.9 Å². The van der Waals surface area contributed by atoms with Crippen molar-refractivity contribution < 1.29 is 9.59 Å². The van der Waals surface area contributed by atoms with Crippen molar-refractivity contribution in [2.24, 2.45) is 11.7 Å². The molecule has 0 aromatic heterocycles. The predicted molar refractivity (Wildman–Crippen MR) is 101 cm³/mol. The highest BCUT2D eigenvalue weighted by Crippen LogP contribution is 2.61. The summed E-state index contributed by atoms with van der Waals surface area (Å²) in [6.45, 7) is 0.786. The van der Waals surface area contributed by atoms with Gasteiger partial charge in [0.25, 0.3) is 5.91 Å². The van der Waals surface area contributed by atoms with E-state index in [0.717, 1.165) is 19.3 Å². The van der Waals surface area contributed by atoms with Crippen LogP contribution < -0.4 is 16.4 Å². The molecule has 0 heterocycles. The van der Waals surface area contributed by atoms with Gasteiger partial charge in [0.2, 0.25) is 5.91 Å². The van der Waals surface area contributed by atoms with Gasteiger partial charge >= 0.3 is 0 Å². The predicted octanol–water partition coefficient (Wildman–Crippen LogP) is 2.22. The molecule has 26 heavy (non-hydrogen) atoms.